The van der Waals surface area contributed by atoms with Crippen LogP contribution in [0.3, 0.4) is 0 Å². The van der Waals surface area contributed by atoms with Gasteiger partial charge in [-0.05, 0) is 24.3 Å². The number of para-hydroxylation sites is 1. The second-order valence-electron chi connectivity index (χ2n) is 8.74. The van der Waals surface area contributed by atoms with Gasteiger partial charge in [-0.1, -0.05) is 44.2 Å². The number of piperidine rings is 1. The van der Waals surface area contributed by atoms with Gasteiger partial charge in [-0.15, -0.1) is 20.4 Å². The maximum Gasteiger partial charge on any atom is 0.419 e. The van der Waals surface area contributed by atoms with Crippen molar-refractivity contribution in [1.82, 2.24) is 20.4 Å². The molecule has 0 unspecified atom stereocenters. The first-order valence-electron chi connectivity index (χ1n) is 10.4. The minimum absolute atomic E-state index is 0.0731. The van der Waals surface area contributed by atoms with Crippen LogP contribution in [0.2, 0.25) is 0 Å². The van der Waals surface area contributed by atoms with E-state index in [2.05, 4.69) is 46.1 Å². The number of nitrogens with zero attached hydrogens (tertiary/aromatic N) is 5. The predicted octanol–water partition coefficient (Wildman–Crippen LogP) is 5.36. The fraction of sp³-hybridized carbons (Fsp3) is 0.455. The monoisotopic (exact) mass is 463 g/mol. The Kier molecular flexibility index (Phi) is 6.07. The zero-order chi connectivity index (χ0) is 22.9. The van der Waals surface area contributed by atoms with Gasteiger partial charge < -0.3 is 9.64 Å². The Morgan fingerprint density at radius 3 is 2.25 bits per heavy atom. The molecule has 6 nitrogen and oxygen atoms in total. The Hall–Kier alpha value is -2.75. The van der Waals surface area contributed by atoms with Crippen molar-refractivity contribution in [2.45, 2.75) is 51.3 Å². The van der Waals surface area contributed by atoms with Crippen molar-refractivity contribution in [2.75, 3.05) is 18.0 Å². The smallest absolute Gasteiger partial charge is 0.419 e. The number of benzene rings is 1. The quantitative estimate of drug-likeness (QED) is 0.519. The van der Waals surface area contributed by atoms with Gasteiger partial charge in [0.1, 0.15) is 22.6 Å². The molecule has 3 aromatic rings. The highest BCUT2D eigenvalue weighted by Gasteiger charge is 2.35. The summed E-state index contributed by atoms with van der Waals surface area (Å²) < 4.78 is 45.3. The van der Waals surface area contributed by atoms with Crippen LogP contribution in [0.25, 0.3) is 10.7 Å². The van der Waals surface area contributed by atoms with Gasteiger partial charge in [0.15, 0.2) is 10.8 Å². The molecule has 4 rings (SSSR count). The van der Waals surface area contributed by atoms with E-state index in [0.717, 1.165) is 21.9 Å². The summed E-state index contributed by atoms with van der Waals surface area (Å²) in [5, 5.41) is 18.8. The average molecular weight is 464 g/mol. The summed E-state index contributed by atoms with van der Waals surface area (Å²) in [6, 6.07) is 9.10. The molecule has 1 saturated heterocycles. The molecular weight excluding hydrogens is 439 g/mol. The van der Waals surface area contributed by atoms with Gasteiger partial charge in [0.05, 0.1) is 5.56 Å². The second-order valence-corrected chi connectivity index (χ2v) is 9.71. The summed E-state index contributed by atoms with van der Waals surface area (Å²) in [4.78, 5) is 2.06. The highest BCUT2D eigenvalue weighted by atomic mass is 32.1. The minimum atomic E-state index is -4.44. The van der Waals surface area contributed by atoms with Crippen LogP contribution in [0.1, 0.15) is 44.2 Å². The van der Waals surface area contributed by atoms with E-state index in [1.54, 1.807) is 6.07 Å². The Labute approximate surface area is 188 Å². The third kappa shape index (κ3) is 5.01. The highest BCUT2D eigenvalue weighted by molar-refractivity contribution is 7.14. The van der Waals surface area contributed by atoms with E-state index in [1.165, 1.54) is 23.5 Å². The van der Waals surface area contributed by atoms with Crippen molar-refractivity contribution in [2.24, 2.45) is 0 Å². The fourth-order valence-electron chi connectivity index (χ4n) is 3.42. The van der Waals surface area contributed by atoms with Gasteiger partial charge in [-0.25, -0.2) is 0 Å². The van der Waals surface area contributed by atoms with E-state index >= 15 is 0 Å². The van der Waals surface area contributed by atoms with Crippen LogP contribution in [0.4, 0.5) is 19.0 Å². The Morgan fingerprint density at radius 2 is 1.66 bits per heavy atom. The maximum absolute atomic E-state index is 13.2. The molecule has 3 heterocycles. The number of rotatable bonds is 4. The molecule has 1 aliphatic rings. The highest BCUT2D eigenvalue weighted by Crippen LogP contribution is 2.37. The molecule has 0 bridgehead atoms. The SMILES string of the molecule is CC(C)(C)c1nnc(-c2ccc(N3CCC(Oc4ccccc4C(F)(F)F)CC3)nn2)s1. The van der Waals surface area contributed by atoms with E-state index in [-0.39, 0.29) is 17.3 Å². The fourth-order valence-corrected chi connectivity index (χ4v) is 4.29. The van der Waals surface area contributed by atoms with Crippen molar-refractivity contribution in [1.29, 1.82) is 0 Å². The molecular formula is C22H24F3N5OS. The summed E-state index contributed by atoms with van der Waals surface area (Å²) in [6.45, 7) is 7.50. The summed E-state index contributed by atoms with van der Waals surface area (Å²) in [7, 11) is 0. The molecule has 0 amide bonds. The third-order valence-electron chi connectivity index (χ3n) is 5.19. The average Bonchev–Trinajstić information content (AvgIpc) is 3.25. The zero-order valence-electron chi connectivity index (χ0n) is 18.1. The molecule has 1 aliphatic heterocycles. The molecule has 1 fully saturated rings. The van der Waals surface area contributed by atoms with E-state index in [9.17, 15) is 13.2 Å². The normalized spacial score (nSPS) is 15.8. The Balaban J connectivity index is 1.37. The third-order valence-corrected chi connectivity index (χ3v) is 6.56. The Bertz CT molecular complexity index is 1050. The number of ether oxygens (including phenoxy) is 1. The standard InChI is InChI=1S/C22H24F3N5OS/c1-21(2,3)20-29-28-19(32-20)16-8-9-18(27-26-16)30-12-10-14(11-13-30)31-17-7-5-4-6-15(17)22(23,24)25/h4-9,14H,10-13H2,1-3H3. The molecule has 170 valence electrons. The topological polar surface area (TPSA) is 64.0 Å². The lowest BCUT2D eigenvalue weighted by molar-refractivity contribution is -0.139. The largest absolute Gasteiger partial charge is 0.490 e. The zero-order valence-corrected chi connectivity index (χ0v) is 18.9. The molecule has 0 aliphatic carbocycles. The number of alkyl halides is 3. The first-order valence-corrected chi connectivity index (χ1v) is 11.2. The van der Waals surface area contributed by atoms with Crippen molar-refractivity contribution >= 4 is 17.2 Å². The van der Waals surface area contributed by atoms with Crippen LogP contribution in [-0.2, 0) is 11.6 Å². The van der Waals surface area contributed by atoms with Crippen molar-refractivity contribution in [3.63, 3.8) is 0 Å². The van der Waals surface area contributed by atoms with E-state index in [0.29, 0.717) is 31.6 Å². The second kappa shape index (κ2) is 8.65. The summed E-state index contributed by atoms with van der Waals surface area (Å²) >= 11 is 1.50. The van der Waals surface area contributed by atoms with Crippen LogP contribution in [0, 0.1) is 0 Å². The maximum atomic E-state index is 13.2. The van der Waals surface area contributed by atoms with Crippen molar-refractivity contribution < 1.29 is 17.9 Å². The summed E-state index contributed by atoms with van der Waals surface area (Å²) in [6.07, 6.45) is -3.52. The van der Waals surface area contributed by atoms with Crippen LogP contribution in [-0.4, -0.2) is 39.6 Å². The predicted molar refractivity (Wildman–Crippen MR) is 117 cm³/mol. The Morgan fingerprint density at radius 1 is 0.938 bits per heavy atom. The molecule has 1 aromatic carbocycles. The lowest BCUT2D eigenvalue weighted by Crippen LogP contribution is -2.39. The molecule has 0 atom stereocenters. The lowest BCUT2D eigenvalue weighted by Gasteiger charge is -2.33. The molecule has 0 spiro atoms. The number of hydrogen-bond acceptors (Lipinski definition) is 7. The van der Waals surface area contributed by atoms with Crippen LogP contribution in [0.15, 0.2) is 36.4 Å². The lowest BCUT2D eigenvalue weighted by atomic mass is 9.98. The first kappa shape index (κ1) is 22.4. The van der Waals surface area contributed by atoms with Gasteiger partial charge in [-0.2, -0.15) is 13.2 Å². The molecule has 0 radical (unpaired) electrons. The summed E-state index contributed by atoms with van der Waals surface area (Å²) in [5.41, 5.74) is -0.144. The number of aromatic nitrogens is 4. The van der Waals surface area contributed by atoms with E-state index < -0.39 is 11.7 Å². The number of halogens is 3. The molecule has 10 heteroatoms. The first-order chi connectivity index (χ1) is 15.1. The molecule has 0 saturated carbocycles. The van der Waals surface area contributed by atoms with Crippen LogP contribution in [0.5, 0.6) is 5.75 Å². The number of hydrogen-bond donors (Lipinski definition) is 0. The molecule has 0 N–H and O–H groups in total. The van der Waals surface area contributed by atoms with Gasteiger partial charge in [0, 0.05) is 31.3 Å². The minimum Gasteiger partial charge on any atom is -0.490 e. The van der Waals surface area contributed by atoms with Gasteiger partial charge >= 0.3 is 6.18 Å². The molecule has 32 heavy (non-hydrogen) atoms. The van der Waals surface area contributed by atoms with Crippen molar-refractivity contribution in [3.8, 4) is 16.5 Å². The van der Waals surface area contributed by atoms with Crippen LogP contribution >= 0.6 is 11.3 Å². The van der Waals surface area contributed by atoms with Gasteiger partial charge in [0.25, 0.3) is 0 Å². The number of anilines is 1. The van der Waals surface area contributed by atoms with Crippen LogP contribution < -0.4 is 9.64 Å². The van der Waals surface area contributed by atoms with Crippen molar-refractivity contribution in [3.05, 3.63) is 47.0 Å². The van der Waals surface area contributed by atoms with Gasteiger partial charge in [-0.3, -0.25) is 0 Å². The van der Waals surface area contributed by atoms with Gasteiger partial charge in [0.2, 0.25) is 0 Å². The summed E-state index contributed by atoms with van der Waals surface area (Å²) in [5.74, 6) is 0.609. The molecule has 2 aromatic heterocycles. The van der Waals surface area contributed by atoms with E-state index in [4.69, 9.17) is 4.74 Å². The van der Waals surface area contributed by atoms with E-state index in [1.807, 2.05) is 12.1 Å².